The largest absolute Gasteiger partial charge is 0.465 e. The van der Waals surface area contributed by atoms with E-state index in [-0.39, 0.29) is 5.82 Å². The number of rotatable bonds is 5. The van der Waals surface area contributed by atoms with Crippen LogP contribution >= 0.6 is 23.6 Å². The van der Waals surface area contributed by atoms with Crippen molar-refractivity contribution < 1.29 is 13.9 Å². The Kier molecular flexibility index (Phi) is 7.14. The van der Waals surface area contributed by atoms with Gasteiger partial charge in [-0.2, -0.15) is 0 Å². The van der Waals surface area contributed by atoms with Crippen molar-refractivity contribution in [3.8, 4) is 10.4 Å². The molecule has 2 heterocycles. The Bertz CT molecular complexity index is 1080. The maximum absolute atomic E-state index is 13.1. The summed E-state index contributed by atoms with van der Waals surface area (Å²) in [5, 5.41) is 4.56. The fraction of sp³-hybridized carbons (Fsp3) is 0.250. The molecule has 1 aromatic heterocycles. The summed E-state index contributed by atoms with van der Waals surface area (Å²) in [6.07, 6.45) is 0. The van der Waals surface area contributed by atoms with Gasteiger partial charge in [-0.1, -0.05) is 42.5 Å². The number of ether oxygens (including phenoxy) is 1. The third-order valence-electron chi connectivity index (χ3n) is 5.40. The number of hydrogen-bond donors (Lipinski definition) is 1. The van der Waals surface area contributed by atoms with Crippen molar-refractivity contribution in [1.82, 2.24) is 9.80 Å². The van der Waals surface area contributed by atoms with Crippen molar-refractivity contribution in [2.24, 2.45) is 0 Å². The van der Waals surface area contributed by atoms with Crippen LogP contribution in [0.25, 0.3) is 10.4 Å². The standard InChI is InChI=1S/C24H24FN3O2S2/c1-30-23(29)20-15-21(18-5-3-2-4-6-18)32-22(20)26-24(31)28-13-11-27(12-14-28)16-17-7-9-19(25)10-8-17/h2-10,15H,11-14,16H2,1H3,(H,26,31). The molecule has 0 spiro atoms. The predicted octanol–water partition coefficient (Wildman–Crippen LogP) is 4.86. The SMILES string of the molecule is COC(=O)c1cc(-c2ccccc2)sc1NC(=S)N1CCN(Cc2ccc(F)cc2)CC1. The zero-order valence-corrected chi connectivity index (χ0v) is 19.3. The molecule has 0 unspecified atom stereocenters. The minimum absolute atomic E-state index is 0.217. The van der Waals surface area contributed by atoms with Crippen molar-refractivity contribution in [2.45, 2.75) is 6.54 Å². The van der Waals surface area contributed by atoms with Gasteiger partial charge < -0.3 is 15.0 Å². The second-order valence-corrected chi connectivity index (χ2v) is 8.97. The van der Waals surface area contributed by atoms with Crippen LogP contribution in [0.2, 0.25) is 0 Å². The number of carbonyl (C=O) groups is 1. The molecule has 0 aliphatic carbocycles. The molecular formula is C24H24FN3O2S2. The van der Waals surface area contributed by atoms with E-state index >= 15 is 0 Å². The first-order chi connectivity index (χ1) is 15.5. The summed E-state index contributed by atoms with van der Waals surface area (Å²) in [4.78, 5) is 17.7. The third-order valence-corrected chi connectivity index (χ3v) is 6.85. The molecule has 4 rings (SSSR count). The summed E-state index contributed by atoms with van der Waals surface area (Å²) in [6, 6.07) is 18.4. The average molecular weight is 470 g/mol. The third kappa shape index (κ3) is 5.32. The normalized spacial score (nSPS) is 14.2. The highest BCUT2D eigenvalue weighted by atomic mass is 32.1. The van der Waals surface area contributed by atoms with Gasteiger partial charge in [0, 0.05) is 37.6 Å². The lowest BCUT2D eigenvalue weighted by Gasteiger charge is -2.36. The van der Waals surface area contributed by atoms with E-state index in [9.17, 15) is 9.18 Å². The Hall–Kier alpha value is -2.81. The number of esters is 1. The van der Waals surface area contributed by atoms with Crippen LogP contribution in [0.4, 0.5) is 9.39 Å². The molecule has 1 aliphatic rings. The molecule has 1 N–H and O–H groups in total. The highest BCUT2D eigenvalue weighted by molar-refractivity contribution is 7.80. The summed E-state index contributed by atoms with van der Waals surface area (Å²) >= 11 is 7.14. The van der Waals surface area contributed by atoms with Crippen LogP contribution in [-0.2, 0) is 11.3 Å². The van der Waals surface area contributed by atoms with Gasteiger partial charge >= 0.3 is 5.97 Å². The van der Waals surface area contributed by atoms with Gasteiger partial charge in [0.25, 0.3) is 0 Å². The first-order valence-electron chi connectivity index (χ1n) is 10.3. The van der Waals surface area contributed by atoms with Gasteiger partial charge in [-0.05, 0) is 41.5 Å². The maximum atomic E-state index is 13.1. The number of thiocarbonyl (C=S) groups is 1. The molecule has 32 heavy (non-hydrogen) atoms. The van der Waals surface area contributed by atoms with Gasteiger partial charge in [-0.25, -0.2) is 9.18 Å². The van der Waals surface area contributed by atoms with E-state index < -0.39 is 5.97 Å². The van der Waals surface area contributed by atoms with Crippen LogP contribution in [0.5, 0.6) is 0 Å². The van der Waals surface area contributed by atoms with Crippen molar-refractivity contribution >= 4 is 39.6 Å². The zero-order valence-electron chi connectivity index (χ0n) is 17.7. The average Bonchev–Trinajstić information content (AvgIpc) is 3.25. The van der Waals surface area contributed by atoms with Gasteiger partial charge in [0.2, 0.25) is 0 Å². The molecule has 0 atom stereocenters. The van der Waals surface area contributed by atoms with Crippen molar-refractivity contribution in [3.63, 3.8) is 0 Å². The molecule has 3 aromatic rings. The molecular weight excluding hydrogens is 445 g/mol. The van der Waals surface area contributed by atoms with E-state index in [0.717, 1.165) is 48.7 Å². The van der Waals surface area contributed by atoms with Crippen LogP contribution in [-0.4, -0.2) is 54.2 Å². The van der Waals surface area contributed by atoms with Crippen LogP contribution in [0.1, 0.15) is 15.9 Å². The lowest BCUT2D eigenvalue weighted by atomic mass is 10.1. The molecule has 5 nitrogen and oxygen atoms in total. The number of hydrogen-bond acceptors (Lipinski definition) is 5. The van der Waals surface area contributed by atoms with E-state index in [1.165, 1.54) is 30.6 Å². The van der Waals surface area contributed by atoms with Crippen LogP contribution in [0.15, 0.2) is 60.7 Å². The Morgan fingerprint density at radius 2 is 1.78 bits per heavy atom. The number of nitrogens with one attached hydrogen (secondary N) is 1. The zero-order chi connectivity index (χ0) is 22.5. The second kappa shape index (κ2) is 10.2. The number of piperazine rings is 1. The summed E-state index contributed by atoms with van der Waals surface area (Å²) in [5.74, 6) is -0.608. The van der Waals surface area contributed by atoms with Gasteiger partial charge in [0.15, 0.2) is 5.11 Å². The Morgan fingerprint density at radius 3 is 2.44 bits per heavy atom. The Labute approximate surface area is 196 Å². The minimum atomic E-state index is -0.391. The van der Waals surface area contributed by atoms with E-state index in [0.29, 0.717) is 15.7 Å². The fourth-order valence-corrected chi connectivity index (χ4v) is 5.02. The van der Waals surface area contributed by atoms with Crippen LogP contribution in [0, 0.1) is 5.82 Å². The molecule has 2 aromatic carbocycles. The smallest absolute Gasteiger partial charge is 0.340 e. The molecule has 166 valence electrons. The van der Waals surface area contributed by atoms with E-state index in [1.54, 1.807) is 0 Å². The van der Waals surface area contributed by atoms with Crippen molar-refractivity contribution in [2.75, 3.05) is 38.6 Å². The number of nitrogens with zero attached hydrogens (tertiary/aromatic N) is 2. The molecule has 1 aliphatic heterocycles. The fourth-order valence-electron chi connectivity index (χ4n) is 3.62. The summed E-state index contributed by atoms with van der Waals surface area (Å²) in [6.45, 7) is 4.03. The lowest BCUT2D eigenvalue weighted by molar-refractivity contribution is 0.0602. The number of thiophene rings is 1. The molecule has 0 amide bonds. The first-order valence-corrected chi connectivity index (χ1v) is 11.6. The van der Waals surface area contributed by atoms with E-state index in [1.807, 2.05) is 48.5 Å². The summed E-state index contributed by atoms with van der Waals surface area (Å²) in [7, 11) is 1.38. The molecule has 0 radical (unpaired) electrons. The second-order valence-electron chi connectivity index (χ2n) is 7.53. The lowest BCUT2D eigenvalue weighted by Crippen LogP contribution is -2.49. The van der Waals surface area contributed by atoms with Crippen LogP contribution in [0.3, 0.4) is 0 Å². The van der Waals surface area contributed by atoms with Gasteiger partial charge in [0.1, 0.15) is 10.8 Å². The van der Waals surface area contributed by atoms with Gasteiger partial charge in [-0.15, -0.1) is 11.3 Å². The number of halogens is 1. The number of carbonyl (C=O) groups excluding carboxylic acids is 1. The highest BCUT2D eigenvalue weighted by Gasteiger charge is 2.23. The monoisotopic (exact) mass is 469 g/mol. The quantitative estimate of drug-likeness (QED) is 0.426. The summed E-state index contributed by atoms with van der Waals surface area (Å²) in [5.41, 5.74) is 2.61. The first kappa shape index (κ1) is 22.4. The number of methoxy groups -OCH3 is 1. The van der Waals surface area contributed by atoms with Crippen molar-refractivity contribution in [3.05, 3.63) is 77.6 Å². The molecule has 1 fully saturated rings. The topological polar surface area (TPSA) is 44.8 Å². The molecule has 1 saturated heterocycles. The van der Waals surface area contributed by atoms with Gasteiger partial charge in [-0.3, -0.25) is 4.90 Å². The maximum Gasteiger partial charge on any atom is 0.340 e. The van der Waals surface area contributed by atoms with Crippen LogP contribution < -0.4 is 5.32 Å². The molecule has 8 heteroatoms. The predicted molar refractivity (Wildman–Crippen MR) is 131 cm³/mol. The summed E-state index contributed by atoms with van der Waals surface area (Å²) < 4.78 is 18.1. The Morgan fingerprint density at radius 1 is 1.09 bits per heavy atom. The minimum Gasteiger partial charge on any atom is -0.465 e. The Balaban J connectivity index is 1.40. The highest BCUT2D eigenvalue weighted by Crippen LogP contribution is 2.36. The van der Waals surface area contributed by atoms with E-state index in [2.05, 4.69) is 15.1 Å². The van der Waals surface area contributed by atoms with Crippen molar-refractivity contribution in [1.29, 1.82) is 0 Å². The number of benzene rings is 2. The molecule has 0 bridgehead atoms. The number of anilines is 1. The van der Waals surface area contributed by atoms with Gasteiger partial charge in [0.05, 0.1) is 12.7 Å². The molecule has 0 saturated carbocycles. The van der Waals surface area contributed by atoms with E-state index in [4.69, 9.17) is 17.0 Å².